The third kappa shape index (κ3) is 3.54. The van der Waals surface area contributed by atoms with Crippen LogP contribution >= 0.6 is 0 Å². The standard InChI is InChI=1S/C19H24N4O4/c1-26-19(25)13-10-15(18(20-11-13)22-8-6-14(24)12-22)16-5-7-21-23(16)17-4-2-3-9-27-17/h5,7,10-11,14,17,24H,2-4,6,8-9,12H2,1H3. The molecule has 4 rings (SSSR count). The molecule has 0 saturated carbocycles. The number of aliphatic hydroxyl groups excluding tert-OH is 1. The summed E-state index contributed by atoms with van der Waals surface area (Å²) in [5, 5.41) is 14.4. The predicted molar refractivity (Wildman–Crippen MR) is 98.5 cm³/mol. The first kappa shape index (κ1) is 17.9. The van der Waals surface area contributed by atoms with Gasteiger partial charge in [0.15, 0.2) is 6.23 Å². The molecule has 2 aromatic rings. The van der Waals surface area contributed by atoms with Gasteiger partial charge in [0.2, 0.25) is 0 Å². The molecule has 0 radical (unpaired) electrons. The number of hydrogen-bond donors (Lipinski definition) is 1. The lowest BCUT2D eigenvalue weighted by Gasteiger charge is -2.26. The van der Waals surface area contributed by atoms with E-state index in [4.69, 9.17) is 9.47 Å². The zero-order chi connectivity index (χ0) is 18.8. The number of hydrogen-bond acceptors (Lipinski definition) is 7. The maximum atomic E-state index is 12.0. The Labute approximate surface area is 157 Å². The largest absolute Gasteiger partial charge is 0.465 e. The minimum atomic E-state index is -0.434. The molecule has 4 heterocycles. The van der Waals surface area contributed by atoms with Crippen molar-refractivity contribution in [1.29, 1.82) is 0 Å². The van der Waals surface area contributed by atoms with Gasteiger partial charge in [-0.3, -0.25) is 0 Å². The van der Waals surface area contributed by atoms with E-state index in [-0.39, 0.29) is 12.3 Å². The van der Waals surface area contributed by atoms with Crippen LogP contribution in [0.15, 0.2) is 24.5 Å². The van der Waals surface area contributed by atoms with Crippen LogP contribution in [0.5, 0.6) is 0 Å². The minimum Gasteiger partial charge on any atom is -0.465 e. The topological polar surface area (TPSA) is 89.7 Å². The second kappa shape index (κ2) is 7.66. The number of aromatic nitrogens is 3. The lowest BCUT2D eigenvalue weighted by Crippen LogP contribution is -2.24. The molecule has 2 aromatic heterocycles. The summed E-state index contributed by atoms with van der Waals surface area (Å²) in [6.45, 7) is 1.95. The second-order valence-electron chi connectivity index (χ2n) is 6.96. The van der Waals surface area contributed by atoms with Gasteiger partial charge in [-0.1, -0.05) is 0 Å². The Morgan fingerprint density at radius 3 is 2.96 bits per heavy atom. The second-order valence-corrected chi connectivity index (χ2v) is 6.96. The number of anilines is 1. The molecule has 1 N–H and O–H groups in total. The minimum absolute atomic E-state index is 0.123. The zero-order valence-corrected chi connectivity index (χ0v) is 15.4. The number of pyridine rings is 1. The van der Waals surface area contributed by atoms with Crippen LogP contribution in [0.3, 0.4) is 0 Å². The van der Waals surface area contributed by atoms with Gasteiger partial charge in [0.25, 0.3) is 0 Å². The van der Waals surface area contributed by atoms with Crippen molar-refractivity contribution in [3.8, 4) is 11.3 Å². The van der Waals surface area contributed by atoms with Gasteiger partial charge in [-0.05, 0) is 37.8 Å². The van der Waals surface area contributed by atoms with Crippen molar-refractivity contribution in [2.45, 2.75) is 38.0 Å². The molecule has 2 fully saturated rings. The quantitative estimate of drug-likeness (QED) is 0.821. The van der Waals surface area contributed by atoms with Crippen LogP contribution in [-0.2, 0) is 9.47 Å². The molecular weight excluding hydrogens is 348 g/mol. The van der Waals surface area contributed by atoms with Crippen molar-refractivity contribution in [1.82, 2.24) is 14.8 Å². The summed E-state index contributed by atoms with van der Waals surface area (Å²) in [5.74, 6) is 0.300. The van der Waals surface area contributed by atoms with E-state index in [2.05, 4.69) is 10.1 Å². The van der Waals surface area contributed by atoms with E-state index >= 15 is 0 Å². The smallest absolute Gasteiger partial charge is 0.339 e. The van der Waals surface area contributed by atoms with Crippen LogP contribution in [0.1, 0.15) is 42.3 Å². The normalized spacial score (nSPS) is 22.8. The fourth-order valence-electron chi connectivity index (χ4n) is 3.74. The highest BCUT2D eigenvalue weighted by atomic mass is 16.5. The lowest BCUT2D eigenvalue weighted by atomic mass is 10.1. The number of carbonyl (C=O) groups excluding carboxylic acids is 1. The number of aliphatic hydroxyl groups is 1. The van der Waals surface area contributed by atoms with Gasteiger partial charge in [0.1, 0.15) is 5.82 Å². The van der Waals surface area contributed by atoms with Crippen LogP contribution < -0.4 is 4.90 Å². The Balaban J connectivity index is 1.78. The summed E-state index contributed by atoms with van der Waals surface area (Å²) in [7, 11) is 1.35. The van der Waals surface area contributed by atoms with E-state index in [1.165, 1.54) is 13.3 Å². The van der Waals surface area contributed by atoms with Gasteiger partial charge in [-0.25, -0.2) is 14.5 Å². The zero-order valence-electron chi connectivity index (χ0n) is 15.4. The maximum absolute atomic E-state index is 12.0. The Kier molecular flexibility index (Phi) is 5.09. The van der Waals surface area contributed by atoms with E-state index in [0.717, 1.165) is 42.9 Å². The molecule has 27 heavy (non-hydrogen) atoms. The third-order valence-electron chi connectivity index (χ3n) is 5.13. The van der Waals surface area contributed by atoms with E-state index in [1.54, 1.807) is 12.3 Å². The molecule has 2 unspecified atom stereocenters. The number of ether oxygens (including phenoxy) is 2. The van der Waals surface area contributed by atoms with Gasteiger partial charge in [0.05, 0.1) is 24.5 Å². The van der Waals surface area contributed by atoms with Crippen LogP contribution in [0.25, 0.3) is 11.3 Å². The van der Waals surface area contributed by atoms with Crippen LogP contribution in [0.4, 0.5) is 5.82 Å². The summed E-state index contributed by atoms with van der Waals surface area (Å²) in [6, 6.07) is 3.70. The lowest BCUT2D eigenvalue weighted by molar-refractivity contribution is -0.0383. The fraction of sp³-hybridized carbons (Fsp3) is 0.526. The predicted octanol–water partition coefficient (Wildman–Crippen LogP) is 2.00. The summed E-state index contributed by atoms with van der Waals surface area (Å²) >= 11 is 0. The summed E-state index contributed by atoms with van der Waals surface area (Å²) in [5.41, 5.74) is 2.02. The van der Waals surface area contributed by atoms with Gasteiger partial charge in [0, 0.05) is 37.7 Å². The van der Waals surface area contributed by atoms with E-state index in [9.17, 15) is 9.90 Å². The number of β-amino-alcohol motifs (C(OH)–C–C–N with tert-alkyl or cyclic N) is 1. The average Bonchev–Trinajstić information content (AvgIpc) is 3.36. The number of carbonyl (C=O) groups is 1. The molecule has 0 aromatic carbocycles. The van der Waals surface area contributed by atoms with E-state index in [1.807, 2.05) is 15.6 Å². The monoisotopic (exact) mass is 372 g/mol. The first-order chi connectivity index (χ1) is 13.2. The Morgan fingerprint density at radius 1 is 1.37 bits per heavy atom. The number of esters is 1. The van der Waals surface area contributed by atoms with Gasteiger partial charge in [-0.2, -0.15) is 5.10 Å². The van der Waals surface area contributed by atoms with E-state index < -0.39 is 5.97 Å². The maximum Gasteiger partial charge on any atom is 0.339 e. The van der Waals surface area contributed by atoms with Gasteiger partial charge < -0.3 is 19.5 Å². The average molecular weight is 372 g/mol. The van der Waals surface area contributed by atoms with Gasteiger partial charge in [-0.15, -0.1) is 0 Å². The summed E-state index contributed by atoms with van der Waals surface area (Å²) in [6.07, 6.45) is 6.52. The Bertz CT molecular complexity index is 816. The molecule has 2 atom stereocenters. The van der Waals surface area contributed by atoms with Crippen molar-refractivity contribution in [3.05, 3.63) is 30.1 Å². The number of nitrogens with zero attached hydrogens (tertiary/aromatic N) is 4. The van der Waals surface area contributed by atoms with Crippen molar-refractivity contribution < 1.29 is 19.4 Å². The van der Waals surface area contributed by atoms with Gasteiger partial charge >= 0.3 is 5.97 Å². The van der Waals surface area contributed by atoms with Crippen LogP contribution in [-0.4, -0.2) is 58.8 Å². The SMILES string of the molecule is COC(=O)c1cnc(N2CCC(O)C2)c(-c2ccnn2C2CCCCO2)c1. The molecule has 2 aliphatic rings. The molecular formula is C19H24N4O4. The highest BCUT2D eigenvalue weighted by Crippen LogP contribution is 2.35. The molecule has 0 amide bonds. The Hall–Kier alpha value is -2.45. The first-order valence-corrected chi connectivity index (χ1v) is 9.34. The fourth-order valence-corrected chi connectivity index (χ4v) is 3.74. The first-order valence-electron chi connectivity index (χ1n) is 9.34. The van der Waals surface area contributed by atoms with E-state index in [0.29, 0.717) is 25.1 Å². The molecule has 8 heteroatoms. The van der Waals surface area contributed by atoms with Crippen LogP contribution in [0.2, 0.25) is 0 Å². The van der Waals surface area contributed by atoms with Crippen molar-refractivity contribution in [2.75, 3.05) is 31.7 Å². The molecule has 0 spiro atoms. The molecule has 2 saturated heterocycles. The third-order valence-corrected chi connectivity index (χ3v) is 5.13. The molecule has 0 bridgehead atoms. The molecule has 2 aliphatic heterocycles. The molecule has 0 aliphatic carbocycles. The number of methoxy groups -OCH3 is 1. The van der Waals surface area contributed by atoms with Crippen molar-refractivity contribution in [2.24, 2.45) is 0 Å². The molecule has 8 nitrogen and oxygen atoms in total. The highest BCUT2D eigenvalue weighted by Gasteiger charge is 2.27. The molecule has 144 valence electrons. The summed E-state index contributed by atoms with van der Waals surface area (Å²) in [4.78, 5) is 18.6. The highest BCUT2D eigenvalue weighted by molar-refractivity contribution is 5.92. The van der Waals surface area contributed by atoms with Crippen LogP contribution in [0, 0.1) is 0 Å². The van der Waals surface area contributed by atoms with Crippen molar-refractivity contribution >= 4 is 11.8 Å². The summed E-state index contributed by atoms with van der Waals surface area (Å²) < 4.78 is 12.6. The Morgan fingerprint density at radius 2 is 2.26 bits per heavy atom. The number of rotatable bonds is 4. The van der Waals surface area contributed by atoms with Crippen molar-refractivity contribution in [3.63, 3.8) is 0 Å².